The van der Waals surface area contributed by atoms with Gasteiger partial charge in [0.1, 0.15) is 0 Å². The van der Waals surface area contributed by atoms with Gasteiger partial charge in [0.2, 0.25) is 5.89 Å². The minimum atomic E-state index is 0.315. The van der Waals surface area contributed by atoms with Crippen molar-refractivity contribution in [2.75, 3.05) is 13.1 Å². The number of hydrogen-bond acceptors (Lipinski definition) is 4. The highest BCUT2D eigenvalue weighted by Gasteiger charge is 2.40. The van der Waals surface area contributed by atoms with E-state index in [0.29, 0.717) is 12.0 Å². The number of thiocarbonyl (C=S) groups is 1. The number of aromatic nitrogens is 2. The molecule has 1 aliphatic heterocycles. The number of nitrogens with one attached hydrogen (secondary N) is 1. The minimum Gasteiger partial charge on any atom is -0.360 e. The molecule has 1 saturated heterocycles. The molecule has 1 N–H and O–H groups in total. The van der Waals surface area contributed by atoms with Crippen LogP contribution < -0.4 is 5.32 Å². The van der Waals surface area contributed by atoms with Crippen LogP contribution in [0.1, 0.15) is 56.2 Å². The van der Waals surface area contributed by atoms with Crippen LogP contribution in [0, 0.1) is 18.8 Å². The zero-order valence-electron chi connectivity index (χ0n) is 13.1. The number of piperidine rings is 1. The Morgan fingerprint density at radius 2 is 2.23 bits per heavy atom. The van der Waals surface area contributed by atoms with Crippen LogP contribution in [0.15, 0.2) is 4.52 Å². The highest BCUT2D eigenvalue weighted by atomic mass is 32.1. The Bertz CT molecular complexity index is 560. The van der Waals surface area contributed by atoms with E-state index in [9.17, 15) is 0 Å². The summed E-state index contributed by atoms with van der Waals surface area (Å²) >= 11 is 5.68. The van der Waals surface area contributed by atoms with Crippen LogP contribution in [-0.4, -0.2) is 39.3 Å². The molecule has 3 aliphatic rings. The first-order valence-electron chi connectivity index (χ1n) is 8.54. The Balaban J connectivity index is 1.36. The van der Waals surface area contributed by atoms with Gasteiger partial charge in [0.15, 0.2) is 10.9 Å². The van der Waals surface area contributed by atoms with Gasteiger partial charge < -0.3 is 14.7 Å². The van der Waals surface area contributed by atoms with Gasteiger partial charge in [-0.25, -0.2) is 0 Å². The molecule has 4 rings (SSSR count). The second-order valence-corrected chi connectivity index (χ2v) is 7.58. The molecule has 4 atom stereocenters. The summed E-state index contributed by atoms with van der Waals surface area (Å²) in [7, 11) is 0. The molecule has 2 heterocycles. The van der Waals surface area contributed by atoms with Crippen LogP contribution in [0.4, 0.5) is 0 Å². The quantitative estimate of drug-likeness (QED) is 0.846. The second kappa shape index (κ2) is 5.80. The standard InChI is InChI=1S/C16H24N4OS/c1-10-17-15(21-19-10)13-3-2-6-20(9-13)16(22)18-14-8-11-4-5-12(14)7-11/h11-14H,2-9H2,1H3,(H,18,22). The van der Waals surface area contributed by atoms with Crippen LogP contribution in [-0.2, 0) is 0 Å². The summed E-state index contributed by atoms with van der Waals surface area (Å²) in [6, 6.07) is 0.609. The van der Waals surface area contributed by atoms with Crippen molar-refractivity contribution in [1.29, 1.82) is 0 Å². The maximum Gasteiger partial charge on any atom is 0.231 e. The number of rotatable bonds is 2. The summed E-state index contributed by atoms with van der Waals surface area (Å²) in [5.41, 5.74) is 0. The largest absolute Gasteiger partial charge is 0.360 e. The maximum atomic E-state index is 5.68. The van der Waals surface area contributed by atoms with Crippen molar-refractivity contribution in [1.82, 2.24) is 20.4 Å². The second-order valence-electron chi connectivity index (χ2n) is 7.20. The summed E-state index contributed by atoms with van der Waals surface area (Å²) in [6.45, 7) is 3.81. The highest BCUT2D eigenvalue weighted by Crippen LogP contribution is 2.44. The van der Waals surface area contributed by atoms with E-state index in [0.717, 1.165) is 54.6 Å². The predicted octanol–water partition coefficient (Wildman–Crippen LogP) is 2.62. The van der Waals surface area contributed by atoms with E-state index in [-0.39, 0.29) is 0 Å². The van der Waals surface area contributed by atoms with Crippen molar-refractivity contribution in [3.05, 3.63) is 11.7 Å². The zero-order chi connectivity index (χ0) is 15.1. The molecule has 1 aromatic heterocycles. The molecule has 0 radical (unpaired) electrons. The third-order valence-corrected chi connectivity index (χ3v) is 6.02. The Kier molecular flexibility index (Phi) is 3.80. The van der Waals surface area contributed by atoms with Crippen molar-refractivity contribution in [2.24, 2.45) is 11.8 Å². The van der Waals surface area contributed by atoms with Crippen molar-refractivity contribution in [3.63, 3.8) is 0 Å². The molecule has 2 saturated carbocycles. The zero-order valence-corrected chi connectivity index (χ0v) is 13.9. The van der Waals surface area contributed by atoms with Crippen LogP contribution >= 0.6 is 12.2 Å². The lowest BCUT2D eigenvalue weighted by Crippen LogP contribution is -2.49. The third-order valence-electron chi connectivity index (χ3n) is 5.65. The Morgan fingerprint density at radius 3 is 2.91 bits per heavy atom. The Hall–Kier alpha value is -1.17. The molecule has 1 aromatic rings. The summed E-state index contributed by atoms with van der Waals surface area (Å²) in [5, 5.41) is 8.49. The van der Waals surface area contributed by atoms with E-state index in [2.05, 4.69) is 20.4 Å². The normalized spacial score (nSPS) is 34.1. The summed E-state index contributed by atoms with van der Waals surface area (Å²) in [4.78, 5) is 6.70. The van der Waals surface area contributed by atoms with Crippen LogP contribution in [0.2, 0.25) is 0 Å². The van der Waals surface area contributed by atoms with Gasteiger partial charge in [-0.15, -0.1) is 0 Å². The topological polar surface area (TPSA) is 54.2 Å². The fraction of sp³-hybridized carbons (Fsp3) is 0.812. The third kappa shape index (κ3) is 2.73. The monoisotopic (exact) mass is 320 g/mol. The number of aryl methyl sites for hydroxylation is 1. The van der Waals surface area contributed by atoms with Gasteiger partial charge in [0.05, 0.1) is 5.92 Å². The molecular weight excluding hydrogens is 296 g/mol. The molecule has 2 bridgehead atoms. The van der Waals surface area contributed by atoms with E-state index in [4.69, 9.17) is 16.7 Å². The average Bonchev–Trinajstić information content (AvgIpc) is 3.24. The van der Waals surface area contributed by atoms with Gasteiger partial charge in [-0.1, -0.05) is 11.6 Å². The van der Waals surface area contributed by atoms with Crippen LogP contribution in [0.25, 0.3) is 0 Å². The Labute approximate surface area is 136 Å². The molecule has 0 amide bonds. The fourth-order valence-electron chi connectivity index (χ4n) is 4.51. The molecule has 2 aliphatic carbocycles. The molecule has 22 heavy (non-hydrogen) atoms. The van der Waals surface area contributed by atoms with Gasteiger partial charge in [0, 0.05) is 19.1 Å². The minimum absolute atomic E-state index is 0.315. The number of hydrogen-bond donors (Lipinski definition) is 1. The first-order valence-corrected chi connectivity index (χ1v) is 8.95. The smallest absolute Gasteiger partial charge is 0.231 e. The molecule has 0 spiro atoms. The summed E-state index contributed by atoms with van der Waals surface area (Å²) < 4.78 is 5.35. The maximum absolute atomic E-state index is 5.68. The van der Waals surface area contributed by atoms with Gasteiger partial charge in [0.25, 0.3) is 0 Å². The Morgan fingerprint density at radius 1 is 1.32 bits per heavy atom. The molecule has 6 heteroatoms. The lowest BCUT2D eigenvalue weighted by atomic mass is 9.95. The molecule has 4 unspecified atom stereocenters. The first kappa shape index (κ1) is 14.4. The van der Waals surface area contributed by atoms with Crippen molar-refractivity contribution < 1.29 is 4.52 Å². The fourth-order valence-corrected chi connectivity index (χ4v) is 4.83. The van der Waals surface area contributed by atoms with Gasteiger partial charge in [-0.2, -0.15) is 4.98 Å². The molecule has 0 aromatic carbocycles. The van der Waals surface area contributed by atoms with Crippen LogP contribution in [0.5, 0.6) is 0 Å². The SMILES string of the molecule is Cc1noc(C2CCCN(C(=S)NC3CC4CCC3C4)C2)n1. The van der Waals surface area contributed by atoms with E-state index in [1.807, 2.05) is 6.92 Å². The van der Waals surface area contributed by atoms with Crippen molar-refractivity contribution >= 4 is 17.3 Å². The predicted molar refractivity (Wildman–Crippen MR) is 87.6 cm³/mol. The highest BCUT2D eigenvalue weighted by molar-refractivity contribution is 7.80. The molecule has 120 valence electrons. The van der Waals surface area contributed by atoms with Crippen molar-refractivity contribution in [3.8, 4) is 0 Å². The van der Waals surface area contributed by atoms with E-state index >= 15 is 0 Å². The lowest BCUT2D eigenvalue weighted by molar-refractivity contribution is 0.253. The van der Waals surface area contributed by atoms with Crippen molar-refractivity contribution in [2.45, 2.75) is 57.4 Å². The average molecular weight is 320 g/mol. The first-order chi connectivity index (χ1) is 10.7. The number of fused-ring (bicyclic) bond motifs is 2. The number of nitrogens with zero attached hydrogens (tertiary/aromatic N) is 3. The number of likely N-dealkylation sites (tertiary alicyclic amines) is 1. The summed E-state index contributed by atoms with van der Waals surface area (Å²) in [5.74, 6) is 3.59. The lowest BCUT2D eigenvalue weighted by Gasteiger charge is -2.35. The summed E-state index contributed by atoms with van der Waals surface area (Å²) in [6.07, 6.45) is 7.77. The van der Waals surface area contributed by atoms with E-state index in [1.165, 1.54) is 25.7 Å². The van der Waals surface area contributed by atoms with Gasteiger partial charge >= 0.3 is 0 Å². The molecule has 3 fully saturated rings. The molecule has 5 nitrogen and oxygen atoms in total. The van der Waals surface area contributed by atoms with Gasteiger partial charge in [-0.3, -0.25) is 0 Å². The van der Waals surface area contributed by atoms with E-state index in [1.54, 1.807) is 0 Å². The molecular formula is C16H24N4OS. The van der Waals surface area contributed by atoms with Crippen LogP contribution in [0.3, 0.4) is 0 Å². The van der Waals surface area contributed by atoms with E-state index < -0.39 is 0 Å². The van der Waals surface area contributed by atoms with Gasteiger partial charge in [-0.05, 0) is 63.1 Å².